The lowest BCUT2D eigenvalue weighted by Crippen LogP contribution is -2.35. The molecule has 1 amide bonds. The Morgan fingerprint density at radius 2 is 1.88 bits per heavy atom. The van der Waals surface area contributed by atoms with Crippen LogP contribution < -0.4 is 10.1 Å². The molecule has 33 heavy (non-hydrogen) atoms. The van der Waals surface area contributed by atoms with Crippen LogP contribution in [0.4, 0.5) is 19.1 Å². The highest BCUT2D eigenvalue weighted by atomic mass is 32.2. The number of anilines is 1. The van der Waals surface area contributed by atoms with Gasteiger partial charge in [0.25, 0.3) is 5.91 Å². The number of halogens is 3. The van der Waals surface area contributed by atoms with Gasteiger partial charge in [0.2, 0.25) is 5.95 Å². The highest BCUT2D eigenvalue weighted by molar-refractivity contribution is 7.91. The summed E-state index contributed by atoms with van der Waals surface area (Å²) in [7, 11) is -3.32. The van der Waals surface area contributed by atoms with E-state index in [1.807, 2.05) is 6.07 Å². The number of alkyl halides is 3. The van der Waals surface area contributed by atoms with E-state index in [1.54, 1.807) is 0 Å². The second-order valence-electron chi connectivity index (χ2n) is 8.23. The van der Waals surface area contributed by atoms with Crippen LogP contribution in [0.5, 0.6) is 5.75 Å². The molecule has 1 aromatic carbocycles. The first kappa shape index (κ1) is 23.3. The Labute approximate surface area is 189 Å². The molecule has 1 aromatic heterocycles. The number of carbonyl (C=O) groups is 1. The van der Waals surface area contributed by atoms with Gasteiger partial charge in [-0.05, 0) is 54.9 Å². The molecule has 0 radical (unpaired) electrons. The molecule has 2 heterocycles. The summed E-state index contributed by atoms with van der Waals surface area (Å²) >= 11 is 0. The van der Waals surface area contributed by atoms with E-state index in [-0.39, 0.29) is 41.4 Å². The minimum absolute atomic E-state index is 0.0633. The Kier molecular flexibility index (Phi) is 6.46. The lowest BCUT2D eigenvalue weighted by Gasteiger charge is -2.19. The van der Waals surface area contributed by atoms with E-state index in [2.05, 4.69) is 20.0 Å². The first-order valence-corrected chi connectivity index (χ1v) is 12.4. The number of benzene rings is 1. The molecule has 2 fully saturated rings. The largest absolute Gasteiger partial charge is 0.573 e. The highest BCUT2D eigenvalue weighted by Crippen LogP contribution is 2.42. The number of amides is 1. The zero-order valence-electron chi connectivity index (χ0n) is 17.6. The average molecular weight is 485 g/mol. The van der Waals surface area contributed by atoms with Crippen LogP contribution in [-0.2, 0) is 16.4 Å². The summed E-state index contributed by atoms with van der Waals surface area (Å²) in [5, 5.41) is 2.93. The molecule has 0 atom stereocenters. The fraction of sp³-hybridized carbons (Fsp3) is 0.476. The predicted molar refractivity (Wildman–Crippen MR) is 113 cm³/mol. The Hall–Kier alpha value is -2.89. The Balaban J connectivity index is 1.42. The van der Waals surface area contributed by atoms with Gasteiger partial charge in [0.05, 0.1) is 11.3 Å². The Morgan fingerprint density at radius 3 is 2.55 bits per heavy atom. The van der Waals surface area contributed by atoms with Crippen molar-refractivity contribution in [2.75, 3.05) is 23.5 Å². The Morgan fingerprint density at radius 1 is 1.15 bits per heavy atom. The van der Waals surface area contributed by atoms with Crippen molar-refractivity contribution < 1.29 is 31.1 Å². The minimum atomic E-state index is -4.77. The van der Waals surface area contributed by atoms with E-state index in [0.717, 1.165) is 18.4 Å². The molecule has 2 aliphatic rings. The normalized spacial score (nSPS) is 18.5. The van der Waals surface area contributed by atoms with Gasteiger partial charge in [-0.15, -0.1) is 13.2 Å². The summed E-state index contributed by atoms with van der Waals surface area (Å²) in [6.07, 6.45) is 0.806. The van der Waals surface area contributed by atoms with Crippen molar-refractivity contribution >= 4 is 21.7 Å². The topological polar surface area (TPSA) is 101 Å². The molecule has 178 valence electrons. The zero-order valence-corrected chi connectivity index (χ0v) is 18.5. The standard InChI is InChI=1S/C21H23F3N4O4S/c22-21(23,24)32-18-8-14(7-16(9-18)15-3-4-15)10-25-20-26-11-17(12-27-20)19(29)28-5-1-2-6-33(30,31)13-28/h7-9,11-12,15H,1-6,10,13H2,(H,25,26,27). The SMILES string of the molecule is O=C(c1cnc(NCc2cc(OC(F)(F)F)cc(C3CC3)c2)nc1)N1CCCCS(=O)(=O)C1. The molecular formula is C21H23F3N4O4S. The fourth-order valence-electron chi connectivity index (χ4n) is 3.68. The molecule has 1 saturated heterocycles. The third-order valence-electron chi connectivity index (χ3n) is 5.39. The first-order chi connectivity index (χ1) is 15.6. The maximum absolute atomic E-state index is 12.7. The summed E-state index contributed by atoms with van der Waals surface area (Å²) in [6, 6.07) is 4.55. The maximum atomic E-state index is 12.7. The Bertz CT molecular complexity index is 1120. The number of aromatic nitrogens is 2. The maximum Gasteiger partial charge on any atom is 0.573 e. The van der Waals surface area contributed by atoms with Crippen molar-refractivity contribution in [1.82, 2.24) is 14.9 Å². The molecule has 1 aliphatic carbocycles. The van der Waals surface area contributed by atoms with Gasteiger partial charge >= 0.3 is 6.36 Å². The fourth-order valence-corrected chi connectivity index (χ4v) is 5.17. The lowest BCUT2D eigenvalue weighted by molar-refractivity contribution is -0.274. The van der Waals surface area contributed by atoms with Crippen molar-refractivity contribution in [3.63, 3.8) is 0 Å². The van der Waals surface area contributed by atoms with Crippen LogP contribution in [0, 0.1) is 0 Å². The smallest absolute Gasteiger partial charge is 0.406 e. The summed E-state index contributed by atoms with van der Waals surface area (Å²) in [5.41, 5.74) is 1.54. The molecule has 8 nitrogen and oxygen atoms in total. The van der Waals surface area contributed by atoms with E-state index >= 15 is 0 Å². The third-order valence-corrected chi connectivity index (χ3v) is 7.01. The molecule has 1 N–H and O–H groups in total. The quantitative estimate of drug-likeness (QED) is 0.670. The summed E-state index contributed by atoms with van der Waals surface area (Å²) < 4.78 is 66.0. The van der Waals surface area contributed by atoms with Crippen LogP contribution in [0.1, 0.15) is 53.1 Å². The highest BCUT2D eigenvalue weighted by Gasteiger charge is 2.32. The molecule has 1 saturated carbocycles. The average Bonchev–Trinajstić information content (AvgIpc) is 3.59. The number of hydrogen-bond acceptors (Lipinski definition) is 7. The molecule has 1 aliphatic heterocycles. The number of carbonyl (C=O) groups excluding carboxylic acids is 1. The molecule has 12 heteroatoms. The van der Waals surface area contributed by atoms with Crippen LogP contribution in [0.25, 0.3) is 0 Å². The van der Waals surface area contributed by atoms with E-state index in [0.29, 0.717) is 24.9 Å². The minimum Gasteiger partial charge on any atom is -0.406 e. The predicted octanol–water partition coefficient (Wildman–Crippen LogP) is 3.47. The first-order valence-electron chi connectivity index (χ1n) is 10.5. The van der Waals surface area contributed by atoms with Crippen molar-refractivity contribution in [2.45, 2.75) is 44.5 Å². The molecule has 0 spiro atoms. The van der Waals surface area contributed by atoms with Crippen LogP contribution in [-0.4, -0.2) is 53.7 Å². The van der Waals surface area contributed by atoms with Gasteiger partial charge in [-0.1, -0.05) is 6.07 Å². The number of rotatable bonds is 6. The molecule has 4 rings (SSSR count). The number of nitrogens with zero attached hydrogens (tertiary/aromatic N) is 3. The number of hydrogen-bond donors (Lipinski definition) is 1. The summed E-state index contributed by atoms with van der Waals surface area (Å²) in [4.78, 5) is 22.1. The van der Waals surface area contributed by atoms with Crippen molar-refractivity contribution in [1.29, 1.82) is 0 Å². The number of nitrogens with one attached hydrogen (secondary N) is 1. The third kappa shape index (κ3) is 6.56. The zero-order chi connectivity index (χ0) is 23.6. The second kappa shape index (κ2) is 9.16. The van der Waals surface area contributed by atoms with Gasteiger partial charge in [-0.3, -0.25) is 4.79 Å². The lowest BCUT2D eigenvalue weighted by atomic mass is 10.1. The second-order valence-corrected chi connectivity index (χ2v) is 10.4. The van der Waals surface area contributed by atoms with E-state index < -0.39 is 22.1 Å². The molecule has 0 bridgehead atoms. The van der Waals surface area contributed by atoms with Crippen LogP contribution in [0.2, 0.25) is 0 Å². The van der Waals surface area contributed by atoms with E-state index in [1.165, 1.54) is 29.4 Å². The molecular weight excluding hydrogens is 461 g/mol. The van der Waals surface area contributed by atoms with Gasteiger partial charge in [-0.2, -0.15) is 0 Å². The summed E-state index contributed by atoms with van der Waals surface area (Å²) in [6.45, 7) is 0.504. The monoisotopic (exact) mass is 484 g/mol. The van der Waals surface area contributed by atoms with E-state index in [9.17, 15) is 26.4 Å². The number of sulfone groups is 1. The molecule has 0 unspecified atom stereocenters. The van der Waals surface area contributed by atoms with Gasteiger partial charge in [0.1, 0.15) is 11.6 Å². The van der Waals surface area contributed by atoms with Crippen molar-refractivity contribution in [3.05, 3.63) is 47.3 Å². The van der Waals surface area contributed by atoms with Crippen molar-refractivity contribution in [3.8, 4) is 5.75 Å². The van der Waals surface area contributed by atoms with Crippen LogP contribution >= 0.6 is 0 Å². The van der Waals surface area contributed by atoms with Gasteiger partial charge < -0.3 is 15.0 Å². The van der Waals surface area contributed by atoms with Crippen LogP contribution in [0.3, 0.4) is 0 Å². The van der Waals surface area contributed by atoms with Crippen LogP contribution in [0.15, 0.2) is 30.6 Å². The van der Waals surface area contributed by atoms with E-state index in [4.69, 9.17) is 0 Å². The summed E-state index contributed by atoms with van der Waals surface area (Å²) in [5.74, 6) is -0.564. The van der Waals surface area contributed by atoms with Crippen molar-refractivity contribution in [2.24, 2.45) is 0 Å². The van der Waals surface area contributed by atoms with Gasteiger partial charge in [0, 0.05) is 25.5 Å². The van der Waals surface area contributed by atoms with Gasteiger partial charge in [-0.25, -0.2) is 18.4 Å². The van der Waals surface area contributed by atoms with Gasteiger partial charge in [0.15, 0.2) is 9.84 Å². The number of ether oxygens (including phenoxy) is 1. The molecule has 2 aromatic rings.